The van der Waals surface area contributed by atoms with Gasteiger partial charge < -0.3 is 9.80 Å². The molecule has 1 aromatic carbocycles. The molecule has 2 aromatic rings. The molecule has 0 unspecified atom stereocenters. The molecule has 4 rings (SSSR count). The molecule has 0 aliphatic carbocycles. The molecule has 3 heterocycles. The Labute approximate surface area is 153 Å². The van der Waals surface area contributed by atoms with Gasteiger partial charge in [-0.25, -0.2) is 4.98 Å². The van der Waals surface area contributed by atoms with Crippen LogP contribution in [0.2, 0.25) is 0 Å². The topological polar surface area (TPSA) is 37.6 Å². The van der Waals surface area contributed by atoms with Crippen molar-refractivity contribution in [1.29, 1.82) is 0 Å². The lowest BCUT2D eigenvalue weighted by Gasteiger charge is -2.31. The molecule has 2 aliphatic heterocycles. The van der Waals surface area contributed by atoms with E-state index in [4.69, 9.17) is 4.98 Å². The summed E-state index contributed by atoms with van der Waals surface area (Å²) in [5, 5.41) is 1.23. The third kappa shape index (κ3) is 4.04. The van der Waals surface area contributed by atoms with Crippen molar-refractivity contribution in [2.24, 2.45) is 5.92 Å². The van der Waals surface area contributed by atoms with Gasteiger partial charge in [-0.15, -0.1) is 11.3 Å². The maximum Gasteiger partial charge on any atom is 0.226 e. The number of benzene rings is 1. The molecular weight excluding hydrogens is 330 g/mol. The standard InChI is InChI=1S/C20H27N3OS/c24-20(23-11-5-1-2-6-12-23)16-9-13-22(14-10-16)15-19-21-17-7-3-4-8-18(17)25-19/h3-4,7-8,16H,1-2,5-6,9-15H2/p+1. The van der Waals surface area contributed by atoms with Crippen LogP contribution in [0.1, 0.15) is 43.5 Å². The second kappa shape index (κ2) is 7.83. The van der Waals surface area contributed by atoms with Crippen LogP contribution in [0.15, 0.2) is 24.3 Å². The number of nitrogens with zero attached hydrogens (tertiary/aromatic N) is 2. The second-order valence-corrected chi connectivity index (χ2v) is 8.63. The van der Waals surface area contributed by atoms with Gasteiger partial charge in [-0.05, 0) is 25.0 Å². The van der Waals surface area contributed by atoms with E-state index in [2.05, 4.69) is 29.2 Å². The Morgan fingerprint density at radius 2 is 1.84 bits per heavy atom. The summed E-state index contributed by atoms with van der Waals surface area (Å²) in [5.41, 5.74) is 1.12. The molecule has 134 valence electrons. The highest BCUT2D eigenvalue weighted by molar-refractivity contribution is 7.18. The number of aromatic nitrogens is 1. The summed E-state index contributed by atoms with van der Waals surface area (Å²) in [4.78, 5) is 21.3. The van der Waals surface area contributed by atoms with Gasteiger partial charge in [0.2, 0.25) is 5.91 Å². The van der Waals surface area contributed by atoms with E-state index < -0.39 is 0 Å². The fourth-order valence-corrected chi connectivity index (χ4v) is 5.25. The van der Waals surface area contributed by atoms with Crippen molar-refractivity contribution in [3.63, 3.8) is 0 Å². The van der Waals surface area contributed by atoms with Gasteiger partial charge in [-0.2, -0.15) is 0 Å². The summed E-state index contributed by atoms with van der Waals surface area (Å²) >= 11 is 1.82. The van der Waals surface area contributed by atoms with Crippen LogP contribution in [0, 0.1) is 5.92 Å². The van der Waals surface area contributed by atoms with Gasteiger partial charge >= 0.3 is 0 Å². The average Bonchev–Trinajstić information content (AvgIpc) is 2.86. The van der Waals surface area contributed by atoms with Crippen molar-refractivity contribution in [3.8, 4) is 0 Å². The van der Waals surface area contributed by atoms with E-state index in [1.807, 2.05) is 11.3 Å². The number of piperidine rings is 1. The highest BCUT2D eigenvalue weighted by Crippen LogP contribution is 2.21. The first-order valence-electron chi connectivity index (χ1n) is 9.76. The third-order valence-electron chi connectivity index (χ3n) is 5.70. The molecule has 4 nitrogen and oxygen atoms in total. The van der Waals surface area contributed by atoms with Crippen molar-refractivity contribution in [2.45, 2.75) is 45.1 Å². The van der Waals surface area contributed by atoms with E-state index >= 15 is 0 Å². The first kappa shape index (κ1) is 17.0. The summed E-state index contributed by atoms with van der Waals surface area (Å²) in [6.45, 7) is 5.17. The summed E-state index contributed by atoms with van der Waals surface area (Å²) in [5.74, 6) is 0.693. The highest BCUT2D eigenvalue weighted by Gasteiger charge is 2.31. The number of hydrogen-bond acceptors (Lipinski definition) is 3. The Morgan fingerprint density at radius 1 is 1.12 bits per heavy atom. The van der Waals surface area contributed by atoms with E-state index in [1.54, 1.807) is 4.90 Å². The van der Waals surface area contributed by atoms with Crippen LogP contribution in [0.5, 0.6) is 0 Å². The van der Waals surface area contributed by atoms with Crippen molar-refractivity contribution in [3.05, 3.63) is 29.3 Å². The first-order valence-corrected chi connectivity index (χ1v) is 10.6. The number of rotatable bonds is 3. The lowest BCUT2D eigenvalue weighted by molar-refractivity contribution is -0.919. The molecule has 2 fully saturated rings. The minimum absolute atomic E-state index is 0.261. The number of likely N-dealkylation sites (tertiary alicyclic amines) is 2. The molecule has 1 aromatic heterocycles. The van der Waals surface area contributed by atoms with Crippen LogP contribution in [-0.2, 0) is 11.3 Å². The molecule has 1 amide bonds. The summed E-state index contributed by atoms with van der Waals surface area (Å²) in [6, 6.07) is 8.38. The Balaban J connectivity index is 1.31. The van der Waals surface area contributed by atoms with E-state index in [0.29, 0.717) is 5.91 Å². The Bertz CT molecular complexity index is 680. The number of para-hydroxylation sites is 1. The molecule has 1 N–H and O–H groups in total. The predicted octanol–water partition coefficient (Wildman–Crippen LogP) is 2.49. The lowest BCUT2D eigenvalue weighted by atomic mass is 9.95. The Kier molecular flexibility index (Phi) is 5.32. The zero-order chi connectivity index (χ0) is 17.1. The smallest absolute Gasteiger partial charge is 0.226 e. The van der Waals surface area contributed by atoms with Gasteiger partial charge in [-0.3, -0.25) is 4.79 Å². The lowest BCUT2D eigenvalue weighted by Crippen LogP contribution is -3.11. The van der Waals surface area contributed by atoms with Crippen molar-refractivity contribution < 1.29 is 9.69 Å². The number of hydrogen-bond donors (Lipinski definition) is 1. The minimum atomic E-state index is 0.261. The number of nitrogens with one attached hydrogen (secondary N) is 1. The zero-order valence-corrected chi connectivity index (χ0v) is 15.7. The molecule has 2 saturated heterocycles. The fraction of sp³-hybridized carbons (Fsp3) is 0.600. The Morgan fingerprint density at radius 3 is 2.56 bits per heavy atom. The van der Waals surface area contributed by atoms with Crippen molar-refractivity contribution in [2.75, 3.05) is 26.2 Å². The number of fused-ring (bicyclic) bond motifs is 1. The number of thiazole rings is 1. The quantitative estimate of drug-likeness (QED) is 0.915. The summed E-state index contributed by atoms with van der Waals surface area (Å²) in [6.07, 6.45) is 7.02. The number of quaternary nitrogens is 1. The number of carbonyl (C=O) groups is 1. The zero-order valence-electron chi connectivity index (χ0n) is 14.9. The molecule has 0 spiro atoms. The summed E-state index contributed by atoms with van der Waals surface area (Å²) < 4.78 is 1.28. The van der Waals surface area contributed by atoms with E-state index in [-0.39, 0.29) is 5.92 Å². The first-order chi connectivity index (χ1) is 12.3. The predicted molar refractivity (Wildman–Crippen MR) is 102 cm³/mol. The molecule has 5 heteroatoms. The molecule has 0 radical (unpaired) electrons. The second-order valence-electron chi connectivity index (χ2n) is 7.52. The van der Waals surface area contributed by atoms with Crippen LogP contribution in [0.3, 0.4) is 0 Å². The van der Waals surface area contributed by atoms with Gasteiger partial charge in [0, 0.05) is 31.8 Å². The van der Waals surface area contributed by atoms with Crippen LogP contribution >= 0.6 is 11.3 Å². The van der Waals surface area contributed by atoms with Crippen molar-refractivity contribution >= 4 is 27.5 Å². The van der Waals surface area contributed by atoms with Crippen LogP contribution < -0.4 is 4.90 Å². The molecule has 2 aliphatic rings. The molecule has 25 heavy (non-hydrogen) atoms. The fourth-order valence-electron chi connectivity index (χ4n) is 4.21. The number of amides is 1. The van der Waals surface area contributed by atoms with Gasteiger partial charge in [0.05, 0.1) is 23.3 Å². The van der Waals surface area contributed by atoms with Crippen LogP contribution in [0.25, 0.3) is 10.2 Å². The largest absolute Gasteiger partial charge is 0.342 e. The maximum absolute atomic E-state index is 12.8. The van der Waals surface area contributed by atoms with Gasteiger partial charge in [0.1, 0.15) is 11.6 Å². The van der Waals surface area contributed by atoms with Gasteiger partial charge in [-0.1, -0.05) is 25.0 Å². The average molecular weight is 359 g/mol. The highest BCUT2D eigenvalue weighted by atomic mass is 32.1. The third-order valence-corrected chi connectivity index (χ3v) is 6.74. The maximum atomic E-state index is 12.8. The van der Waals surface area contributed by atoms with Gasteiger partial charge in [0.25, 0.3) is 0 Å². The minimum Gasteiger partial charge on any atom is -0.342 e. The SMILES string of the molecule is O=C(C1CC[NH+](Cc2nc3ccccc3s2)CC1)N1CCCCCC1. The molecular formula is C20H28N3OS+. The normalized spacial score (nSPS) is 25.0. The van der Waals surface area contributed by atoms with Crippen molar-refractivity contribution in [1.82, 2.24) is 9.88 Å². The van der Waals surface area contributed by atoms with E-state index in [9.17, 15) is 4.79 Å². The van der Waals surface area contributed by atoms with Crippen LogP contribution in [-0.4, -0.2) is 42.0 Å². The monoisotopic (exact) mass is 358 g/mol. The summed E-state index contributed by atoms with van der Waals surface area (Å²) in [7, 11) is 0. The van der Waals surface area contributed by atoms with Crippen LogP contribution in [0.4, 0.5) is 0 Å². The van der Waals surface area contributed by atoms with Gasteiger partial charge in [0.15, 0.2) is 0 Å². The number of carbonyl (C=O) groups excluding carboxylic acids is 1. The molecule has 0 bridgehead atoms. The van der Waals surface area contributed by atoms with E-state index in [0.717, 1.165) is 51.1 Å². The van der Waals surface area contributed by atoms with E-state index in [1.165, 1.54) is 35.4 Å². The molecule has 0 atom stereocenters. The Hall–Kier alpha value is -1.46. The molecule has 0 saturated carbocycles.